The smallest absolute Gasteiger partial charge is 0.248 e. The summed E-state index contributed by atoms with van der Waals surface area (Å²) in [7, 11) is 0. The van der Waals surface area contributed by atoms with Gasteiger partial charge in [-0.05, 0) is 34.7 Å². The Labute approximate surface area is 133 Å². The van der Waals surface area contributed by atoms with E-state index in [0.717, 1.165) is 16.5 Å². The quantitative estimate of drug-likeness (QED) is 0.631. The summed E-state index contributed by atoms with van der Waals surface area (Å²) in [5, 5.41) is 1.02. The van der Waals surface area contributed by atoms with Crippen LogP contribution in [0.1, 0.15) is 17.2 Å². The second-order valence-electron chi connectivity index (χ2n) is 5.49. The maximum absolute atomic E-state index is 11.4. The first-order valence-corrected chi connectivity index (χ1v) is 7.47. The first kappa shape index (κ1) is 13.5. The molecular formula is C19H15N3O. The van der Waals surface area contributed by atoms with Gasteiger partial charge in [-0.1, -0.05) is 36.4 Å². The van der Waals surface area contributed by atoms with E-state index in [2.05, 4.69) is 38.8 Å². The van der Waals surface area contributed by atoms with Gasteiger partial charge in [0.15, 0.2) is 0 Å². The average Bonchev–Trinajstić information content (AvgIpc) is 3.10. The molecule has 4 rings (SSSR count). The third-order valence-electron chi connectivity index (χ3n) is 4.00. The molecule has 1 atom stereocenters. The lowest BCUT2D eigenvalue weighted by molar-refractivity contribution is 0.677. The molecule has 2 aromatic heterocycles. The normalized spacial score (nSPS) is 12.3. The molecule has 0 aliphatic carbocycles. The molecule has 0 saturated heterocycles. The van der Waals surface area contributed by atoms with Gasteiger partial charge >= 0.3 is 0 Å². The van der Waals surface area contributed by atoms with E-state index < -0.39 is 0 Å². The first-order valence-electron chi connectivity index (χ1n) is 7.47. The number of nitrogens with one attached hydrogen (secondary N) is 1. The number of aromatic amines is 1. The van der Waals surface area contributed by atoms with Crippen molar-refractivity contribution in [2.45, 2.75) is 6.04 Å². The van der Waals surface area contributed by atoms with E-state index in [1.165, 1.54) is 5.56 Å². The fourth-order valence-electron chi connectivity index (χ4n) is 2.94. The van der Waals surface area contributed by atoms with E-state index in [4.69, 9.17) is 0 Å². The minimum atomic E-state index is -0.0838. The molecule has 4 heteroatoms. The molecular weight excluding hydrogens is 286 g/mol. The Morgan fingerprint density at radius 2 is 1.83 bits per heavy atom. The third kappa shape index (κ3) is 2.55. The Morgan fingerprint density at radius 3 is 2.61 bits per heavy atom. The van der Waals surface area contributed by atoms with Gasteiger partial charge in [0.2, 0.25) is 5.56 Å². The van der Waals surface area contributed by atoms with E-state index >= 15 is 0 Å². The van der Waals surface area contributed by atoms with Crippen LogP contribution in [0.5, 0.6) is 0 Å². The van der Waals surface area contributed by atoms with Crippen LogP contribution in [0.3, 0.4) is 0 Å². The van der Waals surface area contributed by atoms with Crippen LogP contribution in [-0.2, 0) is 0 Å². The Morgan fingerprint density at radius 1 is 0.957 bits per heavy atom. The van der Waals surface area contributed by atoms with Crippen molar-refractivity contribution in [3.63, 3.8) is 0 Å². The average molecular weight is 301 g/mol. The van der Waals surface area contributed by atoms with Gasteiger partial charge in [0.25, 0.3) is 0 Å². The molecule has 0 spiro atoms. The van der Waals surface area contributed by atoms with Crippen LogP contribution < -0.4 is 5.56 Å². The van der Waals surface area contributed by atoms with Crippen molar-refractivity contribution in [2.24, 2.45) is 0 Å². The number of H-pyrrole nitrogens is 1. The molecule has 2 heterocycles. The summed E-state index contributed by atoms with van der Waals surface area (Å²) in [6, 6.07) is 19.9. The van der Waals surface area contributed by atoms with Crippen LogP contribution in [0.15, 0.2) is 84.2 Å². The molecule has 0 saturated carbocycles. The van der Waals surface area contributed by atoms with Crippen molar-refractivity contribution in [1.82, 2.24) is 14.5 Å². The number of fused-ring (bicyclic) bond motifs is 1. The van der Waals surface area contributed by atoms with Crippen molar-refractivity contribution in [2.75, 3.05) is 0 Å². The van der Waals surface area contributed by atoms with E-state index in [1.54, 1.807) is 12.3 Å². The zero-order valence-corrected chi connectivity index (χ0v) is 12.4. The maximum Gasteiger partial charge on any atom is 0.248 e. The highest BCUT2D eigenvalue weighted by Crippen LogP contribution is 2.28. The van der Waals surface area contributed by atoms with Crippen LogP contribution >= 0.6 is 0 Å². The zero-order valence-electron chi connectivity index (χ0n) is 12.4. The van der Waals surface area contributed by atoms with Crippen molar-refractivity contribution >= 4 is 10.9 Å². The summed E-state index contributed by atoms with van der Waals surface area (Å²) >= 11 is 0. The largest absolute Gasteiger partial charge is 0.326 e. The SMILES string of the molecule is O=c1ccc2cc(C(c3ccccc3)n3ccnc3)ccc2[nH]1. The van der Waals surface area contributed by atoms with Gasteiger partial charge in [-0.2, -0.15) is 0 Å². The topological polar surface area (TPSA) is 50.7 Å². The number of nitrogens with zero attached hydrogens (tertiary/aromatic N) is 2. The highest BCUT2D eigenvalue weighted by atomic mass is 16.1. The molecule has 112 valence electrons. The number of aromatic nitrogens is 3. The van der Waals surface area contributed by atoms with Gasteiger partial charge in [-0.25, -0.2) is 4.98 Å². The zero-order chi connectivity index (χ0) is 15.6. The number of rotatable bonds is 3. The van der Waals surface area contributed by atoms with Gasteiger partial charge in [0.1, 0.15) is 0 Å². The lowest BCUT2D eigenvalue weighted by Crippen LogP contribution is -2.11. The van der Waals surface area contributed by atoms with Crippen LogP contribution in [0.4, 0.5) is 0 Å². The van der Waals surface area contributed by atoms with Crippen LogP contribution in [-0.4, -0.2) is 14.5 Å². The Balaban J connectivity index is 1.90. The predicted molar refractivity (Wildman–Crippen MR) is 90.5 cm³/mol. The summed E-state index contributed by atoms with van der Waals surface area (Å²) in [6.07, 6.45) is 5.58. The van der Waals surface area contributed by atoms with Crippen LogP contribution in [0, 0.1) is 0 Å². The fraction of sp³-hybridized carbons (Fsp3) is 0.0526. The number of hydrogen-bond acceptors (Lipinski definition) is 2. The minimum Gasteiger partial charge on any atom is -0.326 e. The maximum atomic E-state index is 11.4. The molecule has 23 heavy (non-hydrogen) atoms. The Bertz CT molecular complexity index is 988. The molecule has 4 nitrogen and oxygen atoms in total. The standard InChI is InChI=1S/C19H15N3O/c23-18-9-7-15-12-16(6-8-17(15)21-18)19(22-11-10-20-13-22)14-4-2-1-3-5-14/h1-13,19H,(H,21,23). The highest BCUT2D eigenvalue weighted by Gasteiger charge is 2.16. The van der Waals surface area contributed by atoms with E-state index in [-0.39, 0.29) is 11.6 Å². The van der Waals surface area contributed by atoms with Crippen molar-refractivity contribution in [1.29, 1.82) is 0 Å². The second kappa shape index (κ2) is 5.57. The van der Waals surface area contributed by atoms with Crippen molar-refractivity contribution < 1.29 is 0 Å². The van der Waals surface area contributed by atoms with Gasteiger partial charge in [0, 0.05) is 24.0 Å². The van der Waals surface area contributed by atoms with Crippen molar-refractivity contribution in [3.8, 4) is 0 Å². The number of benzene rings is 2. The molecule has 0 bridgehead atoms. The molecule has 2 aromatic carbocycles. The highest BCUT2D eigenvalue weighted by molar-refractivity contribution is 5.79. The number of imidazole rings is 1. The Hall–Kier alpha value is -3.14. The van der Waals surface area contributed by atoms with Gasteiger partial charge < -0.3 is 9.55 Å². The van der Waals surface area contributed by atoms with Gasteiger partial charge in [0.05, 0.1) is 12.4 Å². The predicted octanol–water partition coefficient (Wildman–Crippen LogP) is 3.36. The monoisotopic (exact) mass is 301 g/mol. The summed E-state index contributed by atoms with van der Waals surface area (Å²) in [6.45, 7) is 0. The van der Waals surface area contributed by atoms with E-state index in [0.29, 0.717) is 0 Å². The third-order valence-corrected chi connectivity index (χ3v) is 4.00. The van der Waals surface area contributed by atoms with Crippen LogP contribution in [0.25, 0.3) is 10.9 Å². The molecule has 0 fully saturated rings. The molecule has 1 N–H and O–H groups in total. The minimum absolute atomic E-state index is 0.0510. The van der Waals surface area contributed by atoms with Gasteiger partial charge in [-0.3, -0.25) is 4.79 Å². The van der Waals surface area contributed by atoms with E-state index in [1.807, 2.05) is 42.9 Å². The lowest BCUT2D eigenvalue weighted by Gasteiger charge is -2.20. The first-order chi connectivity index (χ1) is 11.3. The second-order valence-corrected chi connectivity index (χ2v) is 5.49. The lowest BCUT2D eigenvalue weighted by atomic mass is 9.97. The molecule has 0 aliphatic heterocycles. The summed E-state index contributed by atoms with van der Waals surface area (Å²) in [5.74, 6) is 0. The number of pyridine rings is 1. The van der Waals surface area contributed by atoms with Gasteiger partial charge in [-0.15, -0.1) is 0 Å². The Kier molecular flexibility index (Phi) is 3.27. The number of hydrogen-bond donors (Lipinski definition) is 1. The summed E-state index contributed by atoms with van der Waals surface area (Å²) < 4.78 is 2.09. The van der Waals surface area contributed by atoms with E-state index in [9.17, 15) is 4.79 Å². The molecule has 4 aromatic rings. The summed E-state index contributed by atoms with van der Waals surface area (Å²) in [5.41, 5.74) is 3.10. The molecule has 0 radical (unpaired) electrons. The molecule has 0 amide bonds. The fourth-order valence-corrected chi connectivity index (χ4v) is 2.94. The van der Waals surface area contributed by atoms with Crippen molar-refractivity contribution in [3.05, 3.63) is 101 Å². The summed E-state index contributed by atoms with van der Waals surface area (Å²) in [4.78, 5) is 18.5. The molecule has 0 aliphatic rings. The molecule has 1 unspecified atom stereocenters. The van der Waals surface area contributed by atoms with Crippen LogP contribution in [0.2, 0.25) is 0 Å².